The molecule has 1 heterocycles. The molecule has 1 aromatic heterocycles. The Hall–Kier alpha value is -1.76. The molecule has 1 aromatic carbocycles. The van der Waals surface area contributed by atoms with Gasteiger partial charge in [0.25, 0.3) is 0 Å². The predicted octanol–water partition coefficient (Wildman–Crippen LogP) is 1.05. The molecular formula is C16H24N3O3+. The quantitative estimate of drug-likeness (QED) is 0.486. The number of rotatable bonds is 10. The number of benzene rings is 1. The molecular weight excluding hydrogens is 282 g/mol. The zero-order chi connectivity index (χ0) is 15.6. The lowest BCUT2D eigenvalue weighted by atomic mass is 10.2. The fourth-order valence-electron chi connectivity index (χ4n) is 2.07. The van der Waals surface area contributed by atoms with E-state index in [0.29, 0.717) is 33.0 Å². The lowest BCUT2D eigenvalue weighted by Crippen LogP contribution is -2.38. The number of hydrogen-bond acceptors (Lipinski definition) is 4. The second-order valence-electron chi connectivity index (χ2n) is 4.87. The van der Waals surface area contributed by atoms with Crippen LogP contribution in [-0.4, -0.2) is 50.0 Å². The molecule has 22 heavy (non-hydrogen) atoms. The first-order valence-electron chi connectivity index (χ1n) is 7.45. The lowest BCUT2D eigenvalue weighted by Gasteiger charge is -2.03. The molecule has 0 bridgehead atoms. The Labute approximate surface area is 131 Å². The van der Waals surface area contributed by atoms with E-state index in [1.54, 1.807) is 7.11 Å². The first kappa shape index (κ1) is 16.6. The van der Waals surface area contributed by atoms with E-state index >= 15 is 0 Å². The van der Waals surface area contributed by atoms with Crippen molar-refractivity contribution >= 4 is 0 Å². The molecule has 0 spiro atoms. The molecule has 0 radical (unpaired) electrons. The van der Waals surface area contributed by atoms with Crippen LogP contribution in [0.25, 0.3) is 11.3 Å². The number of nitrogens with zero attached hydrogens (tertiary/aromatic N) is 3. The van der Waals surface area contributed by atoms with Crippen molar-refractivity contribution in [3.63, 3.8) is 0 Å². The van der Waals surface area contributed by atoms with Crippen molar-refractivity contribution in [3.05, 3.63) is 36.5 Å². The van der Waals surface area contributed by atoms with Gasteiger partial charge in [-0.3, -0.25) is 0 Å². The highest BCUT2D eigenvalue weighted by atomic mass is 16.5. The smallest absolute Gasteiger partial charge is 0.197 e. The summed E-state index contributed by atoms with van der Waals surface area (Å²) in [7, 11) is 3.61. The third-order valence-electron chi connectivity index (χ3n) is 3.21. The third kappa shape index (κ3) is 5.22. The third-order valence-corrected chi connectivity index (χ3v) is 3.21. The van der Waals surface area contributed by atoms with Crippen LogP contribution in [0, 0.1) is 0 Å². The van der Waals surface area contributed by atoms with E-state index in [-0.39, 0.29) is 0 Å². The minimum absolute atomic E-state index is 0.586. The highest BCUT2D eigenvalue weighted by Gasteiger charge is 2.13. The summed E-state index contributed by atoms with van der Waals surface area (Å²) in [6.45, 7) is 3.73. The van der Waals surface area contributed by atoms with Gasteiger partial charge in [-0.15, -0.1) is 9.36 Å². The fraction of sp³-hybridized carbons (Fsp3) is 0.500. The number of methoxy groups -OCH3 is 1. The van der Waals surface area contributed by atoms with Gasteiger partial charge in [0.05, 0.1) is 38.2 Å². The van der Waals surface area contributed by atoms with E-state index in [0.717, 1.165) is 17.8 Å². The summed E-state index contributed by atoms with van der Waals surface area (Å²) in [6.07, 6.45) is 2.04. The SMILES string of the molecule is COCCOCCOCC[n+]1cc(-c2ccccc2)n(C)n1. The zero-order valence-electron chi connectivity index (χ0n) is 13.3. The molecule has 0 saturated carbocycles. The van der Waals surface area contributed by atoms with Crippen LogP contribution in [-0.2, 0) is 27.8 Å². The van der Waals surface area contributed by atoms with Gasteiger partial charge < -0.3 is 14.2 Å². The van der Waals surface area contributed by atoms with Gasteiger partial charge in [-0.2, -0.15) is 0 Å². The van der Waals surface area contributed by atoms with E-state index in [1.807, 2.05) is 40.8 Å². The van der Waals surface area contributed by atoms with E-state index < -0.39 is 0 Å². The van der Waals surface area contributed by atoms with Crippen molar-refractivity contribution in [2.24, 2.45) is 7.05 Å². The van der Waals surface area contributed by atoms with Crippen LogP contribution in [0.5, 0.6) is 0 Å². The number of hydrogen-bond donors (Lipinski definition) is 0. The van der Waals surface area contributed by atoms with Crippen LogP contribution in [0.1, 0.15) is 0 Å². The Morgan fingerprint density at radius 3 is 2.41 bits per heavy atom. The van der Waals surface area contributed by atoms with Crippen molar-refractivity contribution < 1.29 is 18.9 Å². The highest BCUT2D eigenvalue weighted by Crippen LogP contribution is 2.15. The van der Waals surface area contributed by atoms with E-state index in [4.69, 9.17) is 14.2 Å². The molecule has 0 atom stereocenters. The number of ether oxygens (including phenoxy) is 3. The molecule has 0 aliphatic heterocycles. The van der Waals surface area contributed by atoms with E-state index in [2.05, 4.69) is 17.3 Å². The fourth-order valence-corrected chi connectivity index (χ4v) is 2.07. The Morgan fingerprint density at radius 1 is 1.00 bits per heavy atom. The van der Waals surface area contributed by atoms with Crippen LogP contribution < -0.4 is 4.68 Å². The molecule has 0 amide bonds. The zero-order valence-corrected chi connectivity index (χ0v) is 13.3. The summed E-state index contributed by atoms with van der Waals surface area (Å²) in [5.41, 5.74) is 2.24. The van der Waals surface area contributed by atoms with Crippen molar-refractivity contribution in [2.75, 3.05) is 40.1 Å². The van der Waals surface area contributed by atoms with Gasteiger partial charge in [-0.25, -0.2) is 0 Å². The first-order valence-corrected chi connectivity index (χ1v) is 7.45. The monoisotopic (exact) mass is 306 g/mol. The molecule has 6 nitrogen and oxygen atoms in total. The minimum Gasteiger partial charge on any atom is -0.382 e. The Morgan fingerprint density at radius 2 is 1.68 bits per heavy atom. The lowest BCUT2D eigenvalue weighted by molar-refractivity contribution is -0.756. The maximum atomic E-state index is 5.54. The molecule has 0 N–H and O–H groups in total. The maximum absolute atomic E-state index is 5.54. The van der Waals surface area contributed by atoms with Crippen molar-refractivity contribution in [3.8, 4) is 11.3 Å². The first-order chi connectivity index (χ1) is 10.8. The van der Waals surface area contributed by atoms with Gasteiger partial charge in [-0.1, -0.05) is 30.3 Å². The van der Waals surface area contributed by atoms with Crippen LogP contribution in [0.15, 0.2) is 36.5 Å². The largest absolute Gasteiger partial charge is 0.382 e. The molecule has 2 aromatic rings. The van der Waals surface area contributed by atoms with Gasteiger partial charge in [0.15, 0.2) is 11.9 Å². The Balaban J connectivity index is 1.71. The van der Waals surface area contributed by atoms with Crippen molar-refractivity contribution in [1.82, 2.24) is 9.90 Å². The van der Waals surface area contributed by atoms with Crippen LogP contribution in [0.3, 0.4) is 0 Å². The number of aromatic nitrogens is 3. The number of aryl methyl sites for hydroxylation is 1. The molecule has 0 unspecified atom stereocenters. The molecule has 0 aliphatic rings. The normalized spacial score (nSPS) is 11.0. The summed E-state index contributed by atoms with van der Waals surface area (Å²) in [6, 6.07) is 10.2. The molecule has 2 rings (SSSR count). The molecule has 0 fully saturated rings. The highest BCUT2D eigenvalue weighted by molar-refractivity contribution is 5.57. The van der Waals surface area contributed by atoms with E-state index in [1.165, 1.54) is 0 Å². The summed E-state index contributed by atoms with van der Waals surface area (Å²) in [4.78, 5) is 0. The maximum Gasteiger partial charge on any atom is 0.197 e. The Kier molecular flexibility index (Phi) is 7.02. The average Bonchev–Trinajstić information content (AvgIpc) is 2.92. The molecule has 120 valence electrons. The minimum atomic E-state index is 0.586. The van der Waals surface area contributed by atoms with Crippen molar-refractivity contribution in [1.29, 1.82) is 0 Å². The van der Waals surface area contributed by atoms with Crippen LogP contribution in [0.4, 0.5) is 0 Å². The topological polar surface area (TPSA) is 49.4 Å². The average molecular weight is 306 g/mol. The summed E-state index contributed by atoms with van der Waals surface area (Å²) < 4.78 is 19.5. The van der Waals surface area contributed by atoms with Gasteiger partial charge >= 0.3 is 0 Å². The summed E-state index contributed by atoms with van der Waals surface area (Å²) in [5, 5.41) is 4.45. The second kappa shape index (κ2) is 9.30. The standard InChI is InChI=1S/C16H24N3O3/c1-18-16(15-6-4-3-5-7-15)14-19(17-18)8-9-21-12-13-22-11-10-20-2/h3-7,14H,8-13H2,1-2H3/q+1. The van der Waals surface area contributed by atoms with Crippen LogP contribution >= 0.6 is 0 Å². The second-order valence-corrected chi connectivity index (χ2v) is 4.87. The van der Waals surface area contributed by atoms with Gasteiger partial charge in [-0.05, 0) is 0 Å². The molecule has 6 heteroatoms. The van der Waals surface area contributed by atoms with Gasteiger partial charge in [0.1, 0.15) is 13.6 Å². The Bertz CT molecular complexity index is 543. The summed E-state index contributed by atoms with van der Waals surface area (Å²) >= 11 is 0. The molecule has 0 saturated heterocycles. The predicted molar refractivity (Wildman–Crippen MR) is 82.4 cm³/mol. The van der Waals surface area contributed by atoms with Crippen molar-refractivity contribution in [2.45, 2.75) is 6.54 Å². The van der Waals surface area contributed by atoms with Crippen LogP contribution in [0.2, 0.25) is 0 Å². The van der Waals surface area contributed by atoms with E-state index in [9.17, 15) is 0 Å². The molecule has 0 aliphatic carbocycles. The van der Waals surface area contributed by atoms with Gasteiger partial charge in [0.2, 0.25) is 0 Å². The van der Waals surface area contributed by atoms with Gasteiger partial charge in [0, 0.05) is 12.7 Å². The summed E-state index contributed by atoms with van der Waals surface area (Å²) in [5.74, 6) is 0.